The van der Waals surface area contributed by atoms with Crippen molar-refractivity contribution in [2.24, 2.45) is 0 Å². The van der Waals surface area contributed by atoms with Gasteiger partial charge in [0.1, 0.15) is 23.6 Å². The maximum Gasteiger partial charge on any atom is 0.250 e. The van der Waals surface area contributed by atoms with E-state index in [1.807, 2.05) is 35.7 Å². The van der Waals surface area contributed by atoms with Crippen molar-refractivity contribution in [1.82, 2.24) is 9.97 Å². The number of ether oxygens (including phenoxy) is 1. The Hall–Kier alpha value is -2.51. The zero-order valence-electron chi connectivity index (χ0n) is 12.6. The standard InChI is InChI=1S/C16H16N4O2S/c1-22-9-14(21)20-12-4-2-3-11(7-12)8-17-15-13-5-6-23-16(13)19-10-18-15/h2-7,10H,8-9H2,1H3,(H,20,21)(H,17,18,19). The number of hydrogen-bond donors (Lipinski definition) is 2. The highest BCUT2D eigenvalue weighted by Gasteiger charge is 2.05. The molecule has 1 amide bonds. The highest BCUT2D eigenvalue weighted by Crippen LogP contribution is 2.24. The first-order chi connectivity index (χ1) is 11.3. The highest BCUT2D eigenvalue weighted by molar-refractivity contribution is 7.16. The number of thiophene rings is 1. The molecule has 0 atom stereocenters. The third-order valence-electron chi connectivity index (χ3n) is 3.21. The van der Waals surface area contributed by atoms with Gasteiger partial charge >= 0.3 is 0 Å². The minimum atomic E-state index is -0.173. The lowest BCUT2D eigenvalue weighted by atomic mass is 10.2. The van der Waals surface area contributed by atoms with Gasteiger partial charge in [0.25, 0.3) is 0 Å². The second-order valence-electron chi connectivity index (χ2n) is 4.90. The Morgan fingerprint density at radius 1 is 1.30 bits per heavy atom. The lowest BCUT2D eigenvalue weighted by molar-refractivity contribution is -0.119. The van der Waals surface area contributed by atoms with Crippen molar-refractivity contribution in [1.29, 1.82) is 0 Å². The quantitative estimate of drug-likeness (QED) is 0.727. The zero-order valence-corrected chi connectivity index (χ0v) is 13.4. The zero-order chi connectivity index (χ0) is 16.1. The molecule has 3 rings (SSSR count). The van der Waals surface area contributed by atoms with Crippen LogP contribution in [0, 0.1) is 0 Å². The summed E-state index contributed by atoms with van der Waals surface area (Å²) in [4.78, 5) is 21.0. The van der Waals surface area contributed by atoms with Crippen molar-refractivity contribution >= 4 is 39.0 Å². The second-order valence-corrected chi connectivity index (χ2v) is 5.79. The molecule has 0 aliphatic heterocycles. The molecule has 2 N–H and O–H groups in total. The summed E-state index contributed by atoms with van der Waals surface area (Å²) in [7, 11) is 1.49. The lowest BCUT2D eigenvalue weighted by Gasteiger charge is -2.09. The Labute approximate surface area is 137 Å². The van der Waals surface area contributed by atoms with Crippen LogP contribution in [0.5, 0.6) is 0 Å². The van der Waals surface area contributed by atoms with E-state index < -0.39 is 0 Å². The molecule has 23 heavy (non-hydrogen) atoms. The van der Waals surface area contributed by atoms with Gasteiger partial charge in [-0.05, 0) is 29.1 Å². The number of nitrogens with one attached hydrogen (secondary N) is 2. The summed E-state index contributed by atoms with van der Waals surface area (Å²) in [5, 5.41) is 9.12. The fourth-order valence-electron chi connectivity index (χ4n) is 2.20. The molecule has 7 heteroatoms. The molecule has 0 unspecified atom stereocenters. The third kappa shape index (κ3) is 3.82. The smallest absolute Gasteiger partial charge is 0.250 e. The monoisotopic (exact) mass is 328 g/mol. The Morgan fingerprint density at radius 2 is 2.22 bits per heavy atom. The van der Waals surface area contributed by atoms with Gasteiger partial charge in [0.05, 0.1) is 5.39 Å². The van der Waals surface area contributed by atoms with Crippen LogP contribution in [0.3, 0.4) is 0 Å². The fraction of sp³-hybridized carbons (Fsp3) is 0.188. The van der Waals surface area contributed by atoms with Crippen molar-refractivity contribution in [3.63, 3.8) is 0 Å². The van der Waals surface area contributed by atoms with E-state index in [1.54, 1.807) is 17.7 Å². The van der Waals surface area contributed by atoms with Gasteiger partial charge in [0.15, 0.2) is 0 Å². The first kappa shape index (κ1) is 15.4. The van der Waals surface area contributed by atoms with Crippen LogP contribution < -0.4 is 10.6 Å². The molecule has 0 saturated heterocycles. The van der Waals surface area contributed by atoms with Crippen molar-refractivity contribution in [2.45, 2.75) is 6.54 Å². The predicted molar refractivity (Wildman–Crippen MR) is 91.7 cm³/mol. The average Bonchev–Trinajstić information content (AvgIpc) is 3.02. The molecule has 0 spiro atoms. The topological polar surface area (TPSA) is 76.1 Å². The molecule has 1 aromatic carbocycles. The summed E-state index contributed by atoms with van der Waals surface area (Å²) in [5.74, 6) is 0.637. The minimum absolute atomic E-state index is 0.0412. The largest absolute Gasteiger partial charge is 0.375 e. The van der Waals surface area contributed by atoms with E-state index >= 15 is 0 Å². The number of methoxy groups -OCH3 is 1. The van der Waals surface area contributed by atoms with Crippen molar-refractivity contribution in [3.8, 4) is 0 Å². The van der Waals surface area contributed by atoms with Crippen molar-refractivity contribution in [2.75, 3.05) is 24.4 Å². The Balaban J connectivity index is 1.68. The molecule has 0 aliphatic rings. The summed E-state index contributed by atoms with van der Waals surface area (Å²) in [6, 6.07) is 9.67. The molecular weight excluding hydrogens is 312 g/mol. The maximum absolute atomic E-state index is 11.6. The normalized spacial score (nSPS) is 10.7. The molecule has 0 aliphatic carbocycles. The molecule has 2 heterocycles. The van der Waals surface area contributed by atoms with Gasteiger partial charge in [-0.15, -0.1) is 11.3 Å². The van der Waals surface area contributed by atoms with Crippen LogP contribution in [-0.2, 0) is 16.1 Å². The van der Waals surface area contributed by atoms with Crippen LogP contribution in [0.15, 0.2) is 42.0 Å². The van der Waals surface area contributed by atoms with E-state index in [2.05, 4.69) is 20.6 Å². The van der Waals surface area contributed by atoms with E-state index in [9.17, 15) is 4.79 Å². The van der Waals surface area contributed by atoms with E-state index in [0.717, 1.165) is 27.3 Å². The van der Waals surface area contributed by atoms with Crippen LogP contribution in [0.4, 0.5) is 11.5 Å². The van der Waals surface area contributed by atoms with Gasteiger partial charge < -0.3 is 15.4 Å². The average molecular weight is 328 g/mol. The van der Waals surface area contributed by atoms with Gasteiger partial charge in [-0.1, -0.05) is 12.1 Å². The van der Waals surface area contributed by atoms with E-state index in [1.165, 1.54) is 7.11 Å². The van der Waals surface area contributed by atoms with Gasteiger partial charge in [0.2, 0.25) is 5.91 Å². The van der Waals surface area contributed by atoms with E-state index in [0.29, 0.717) is 6.54 Å². The molecule has 0 saturated carbocycles. The number of carbonyl (C=O) groups excluding carboxylic acids is 1. The molecule has 118 valence electrons. The predicted octanol–water partition coefficient (Wildman–Crippen LogP) is 2.89. The Bertz CT molecular complexity index is 818. The summed E-state index contributed by atoms with van der Waals surface area (Å²) in [6.45, 7) is 0.648. The number of amides is 1. The first-order valence-electron chi connectivity index (χ1n) is 7.06. The van der Waals surface area contributed by atoms with Gasteiger partial charge in [-0.2, -0.15) is 0 Å². The van der Waals surface area contributed by atoms with Crippen LogP contribution in [0.1, 0.15) is 5.56 Å². The summed E-state index contributed by atoms with van der Waals surface area (Å²) < 4.78 is 4.81. The summed E-state index contributed by atoms with van der Waals surface area (Å²) in [5.41, 5.74) is 1.79. The number of carbonyl (C=O) groups is 1. The number of hydrogen-bond acceptors (Lipinski definition) is 6. The summed E-state index contributed by atoms with van der Waals surface area (Å²) >= 11 is 1.59. The maximum atomic E-state index is 11.6. The van der Waals surface area contributed by atoms with Crippen molar-refractivity contribution < 1.29 is 9.53 Å². The molecular formula is C16H16N4O2S. The second kappa shape index (κ2) is 7.17. The number of rotatable bonds is 6. The molecule has 0 radical (unpaired) electrons. The number of fused-ring (bicyclic) bond motifs is 1. The number of nitrogens with zero attached hydrogens (tertiary/aromatic N) is 2. The number of aromatic nitrogens is 2. The number of anilines is 2. The van der Waals surface area contributed by atoms with E-state index in [4.69, 9.17) is 4.74 Å². The molecule has 0 fully saturated rings. The third-order valence-corrected chi connectivity index (χ3v) is 4.03. The Morgan fingerprint density at radius 3 is 3.09 bits per heavy atom. The molecule has 6 nitrogen and oxygen atoms in total. The first-order valence-corrected chi connectivity index (χ1v) is 7.94. The lowest BCUT2D eigenvalue weighted by Crippen LogP contribution is -2.17. The van der Waals surface area contributed by atoms with Gasteiger partial charge in [-0.25, -0.2) is 9.97 Å². The highest BCUT2D eigenvalue weighted by atomic mass is 32.1. The summed E-state index contributed by atoms with van der Waals surface area (Å²) in [6.07, 6.45) is 1.56. The van der Waals surface area contributed by atoms with Gasteiger partial charge in [0, 0.05) is 19.3 Å². The van der Waals surface area contributed by atoms with Gasteiger partial charge in [-0.3, -0.25) is 4.79 Å². The molecule has 3 aromatic rings. The van der Waals surface area contributed by atoms with E-state index in [-0.39, 0.29) is 12.5 Å². The van der Waals surface area contributed by atoms with Crippen LogP contribution >= 0.6 is 11.3 Å². The van der Waals surface area contributed by atoms with Crippen molar-refractivity contribution in [3.05, 3.63) is 47.6 Å². The molecule has 2 aromatic heterocycles. The van der Waals surface area contributed by atoms with Crippen LogP contribution in [0.2, 0.25) is 0 Å². The number of benzene rings is 1. The fourth-order valence-corrected chi connectivity index (χ4v) is 2.94. The Kier molecular flexibility index (Phi) is 4.80. The minimum Gasteiger partial charge on any atom is -0.375 e. The molecule has 0 bridgehead atoms. The SMILES string of the molecule is COCC(=O)Nc1cccc(CNc2ncnc3sccc23)c1. The van der Waals surface area contributed by atoms with Crippen LogP contribution in [0.25, 0.3) is 10.2 Å². The van der Waals surface area contributed by atoms with Crippen LogP contribution in [-0.4, -0.2) is 29.6 Å².